The molecular formula is C13H13N3O3. The maximum Gasteiger partial charge on any atom is 0.269 e. The van der Waals surface area contributed by atoms with Gasteiger partial charge in [-0.25, -0.2) is 0 Å². The Balaban J connectivity index is 2.72. The Bertz CT molecular complexity index is 700. The topological polar surface area (TPSA) is 95.0 Å². The normalized spacial score (nSPS) is 10.6. The van der Waals surface area contributed by atoms with E-state index in [1.54, 1.807) is 18.2 Å². The third-order valence-corrected chi connectivity index (χ3v) is 2.76. The quantitative estimate of drug-likeness (QED) is 0.826. The van der Waals surface area contributed by atoms with Gasteiger partial charge in [-0.15, -0.1) is 0 Å². The van der Waals surface area contributed by atoms with E-state index in [1.807, 2.05) is 0 Å². The number of primary amides is 1. The van der Waals surface area contributed by atoms with Gasteiger partial charge in [0.1, 0.15) is 0 Å². The third kappa shape index (κ3) is 2.37. The summed E-state index contributed by atoms with van der Waals surface area (Å²) in [5.41, 5.74) is 6.40. The van der Waals surface area contributed by atoms with Crippen molar-refractivity contribution in [1.82, 2.24) is 9.78 Å². The Morgan fingerprint density at radius 3 is 2.47 bits per heavy atom. The fourth-order valence-corrected chi connectivity index (χ4v) is 1.91. The highest BCUT2D eigenvalue weighted by atomic mass is 16.1. The van der Waals surface area contributed by atoms with Crippen molar-refractivity contribution in [3.63, 3.8) is 0 Å². The molecule has 0 aliphatic carbocycles. The van der Waals surface area contributed by atoms with Crippen molar-refractivity contribution >= 4 is 28.4 Å². The number of ketones is 2. The van der Waals surface area contributed by atoms with Crippen molar-refractivity contribution in [3.8, 4) is 0 Å². The second-order valence-corrected chi connectivity index (χ2v) is 4.36. The molecule has 2 aromatic rings. The molecule has 0 saturated carbocycles. The van der Waals surface area contributed by atoms with E-state index in [-0.39, 0.29) is 23.8 Å². The fourth-order valence-electron chi connectivity index (χ4n) is 1.91. The monoisotopic (exact) mass is 259 g/mol. The molecule has 1 amide bonds. The fraction of sp³-hybridized carbons (Fsp3) is 0.231. The largest absolute Gasteiger partial charge is 0.364 e. The van der Waals surface area contributed by atoms with Gasteiger partial charge in [-0.3, -0.25) is 19.1 Å². The van der Waals surface area contributed by atoms with Crippen molar-refractivity contribution in [1.29, 1.82) is 0 Å². The summed E-state index contributed by atoms with van der Waals surface area (Å²) in [6.45, 7) is 2.90. The van der Waals surface area contributed by atoms with Gasteiger partial charge in [-0.05, 0) is 26.0 Å². The molecule has 2 rings (SSSR count). The summed E-state index contributed by atoms with van der Waals surface area (Å²) in [4.78, 5) is 33.9. The lowest BCUT2D eigenvalue weighted by atomic mass is 10.1. The maximum absolute atomic E-state index is 11.4. The van der Waals surface area contributed by atoms with Gasteiger partial charge in [0.25, 0.3) is 5.91 Å². The van der Waals surface area contributed by atoms with Crippen LogP contribution in [0.25, 0.3) is 10.9 Å². The lowest BCUT2D eigenvalue weighted by Gasteiger charge is -2.01. The Morgan fingerprint density at radius 1 is 1.26 bits per heavy atom. The first-order valence-corrected chi connectivity index (χ1v) is 5.71. The second kappa shape index (κ2) is 4.64. The van der Waals surface area contributed by atoms with Crippen LogP contribution in [0.15, 0.2) is 18.2 Å². The Morgan fingerprint density at radius 2 is 1.95 bits per heavy atom. The third-order valence-electron chi connectivity index (χ3n) is 2.76. The summed E-state index contributed by atoms with van der Waals surface area (Å²) in [5.74, 6) is -0.866. The average Bonchev–Trinajstić information content (AvgIpc) is 2.67. The number of nitrogens with two attached hydrogens (primary N) is 1. The van der Waals surface area contributed by atoms with Crippen LogP contribution in [0.5, 0.6) is 0 Å². The molecule has 2 N–H and O–H groups in total. The Kier molecular flexibility index (Phi) is 3.16. The summed E-state index contributed by atoms with van der Waals surface area (Å²) < 4.78 is 1.39. The van der Waals surface area contributed by atoms with Crippen LogP contribution in [0.4, 0.5) is 0 Å². The van der Waals surface area contributed by atoms with E-state index in [0.717, 1.165) is 0 Å². The molecule has 0 radical (unpaired) electrons. The average molecular weight is 259 g/mol. The van der Waals surface area contributed by atoms with Gasteiger partial charge in [0.15, 0.2) is 17.3 Å². The number of Topliss-reactive ketones (excluding diaryl/α,β-unsaturated/α-hetero) is 2. The lowest BCUT2D eigenvalue weighted by molar-refractivity contribution is -0.117. The van der Waals surface area contributed by atoms with E-state index in [0.29, 0.717) is 16.5 Å². The number of nitrogens with zero attached hydrogens (tertiary/aromatic N) is 2. The number of hydrogen-bond acceptors (Lipinski definition) is 4. The number of hydrogen-bond donors (Lipinski definition) is 1. The summed E-state index contributed by atoms with van der Waals surface area (Å²) in [6, 6.07) is 4.84. The smallest absolute Gasteiger partial charge is 0.269 e. The molecule has 0 saturated heterocycles. The van der Waals surface area contributed by atoms with Crippen molar-refractivity contribution in [2.45, 2.75) is 20.4 Å². The Hall–Kier alpha value is -2.50. The molecule has 19 heavy (non-hydrogen) atoms. The number of amides is 1. The standard InChI is InChI=1S/C13H13N3O3/c1-7(17)6-16-11-5-9(8(2)18)3-4-10(11)12(15-16)13(14)19/h3-5H,6H2,1-2H3,(H2,14,19). The minimum absolute atomic E-state index is 0.0329. The van der Waals surface area contributed by atoms with E-state index in [1.165, 1.54) is 18.5 Å². The zero-order valence-corrected chi connectivity index (χ0v) is 10.6. The van der Waals surface area contributed by atoms with Crippen LogP contribution in [0.3, 0.4) is 0 Å². The molecule has 6 heteroatoms. The SMILES string of the molecule is CC(=O)Cn1nc(C(N)=O)c2ccc(C(C)=O)cc21. The van der Waals surface area contributed by atoms with E-state index >= 15 is 0 Å². The van der Waals surface area contributed by atoms with Crippen LogP contribution in [-0.4, -0.2) is 27.3 Å². The molecule has 0 aliphatic rings. The second-order valence-electron chi connectivity index (χ2n) is 4.36. The van der Waals surface area contributed by atoms with Gasteiger partial charge in [0, 0.05) is 10.9 Å². The highest BCUT2D eigenvalue weighted by Crippen LogP contribution is 2.20. The van der Waals surface area contributed by atoms with Gasteiger partial charge >= 0.3 is 0 Å². The summed E-state index contributed by atoms with van der Waals surface area (Å²) >= 11 is 0. The molecule has 0 fully saturated rings. The van der Waals surface area contributed by atoms with Gasteiger partial charge in [0.2, 0.25) is 0 Å². The number of fused-ring (bicyclic) bond motifs is 1. The first-order chi connectivity index (χ1) is 8.90. The van der Waals surface area contributed by atoms with E-state index < -0.39 is 5.91 Å². The van der Waals surface area contributed by atoms with Crippen LogP contribution in [-0.2, 0) is 11.3 Å². The summed E-state index contributed by atoms with van der Waals surface area (Å²) in [5, 5.41) is 4.58. The Labute approximate surface area is 109 Å². The van der Waals surface area contributed by atoms with E-state index in [4.69, 9.17) is 5.73 Å². The van der Waals surface area contributed by atoms with Crippen LogP contribution in [0, 0.1) is 0 Å². The van der Waals surface area contributed by atoms with Crippen molar-refractivity contribution in [2.75, 3.05) is 0 Å². The molecule has 1 aromatic heterocycles. The maximum atomic E-state index is 11.4. The number of aromatic nitrogens is 2. The van der Waals surface area contributed by atoms with Gasteiger partial charge in [-0.2, -0.15) is 5.10 Å². The van der Waals surface area contributed by atoms with Gasteiger partial charge < -0.3 is 5.73 Å². The molecule has 1 heterocycles. The number of carbonyl (C=O) groups excluding carboxylic acids is 3. The van der Waals surface area contributed by atoms with Crippen molar-refractivity contribution in [2.24, 2.45) is 5.73 Å². The van der Waals surface area contributed by atoms with E-state index in [2.05, 4.69) is 5.10 Å². The minimum atomic E-state index is -0.664. The summed E-state index contributed by atoms with van der Waals surface area (Å²) in [6.07, 6.45) is 0. The zero-order chi connectivity index (χ0) is 14.2. The van der Waals surface area contributed by atoms with Crippen LogP contribution >= 0.6 is 0 Å². The summed E-state index contributed by atoms with van der Waals surface area (Å²) in [7, 11) is 0. The molecule has 0 aliphatic heterocycles. The van der Waals surface area contributed by atoms with Crippen molar-refractivity contribution in [3.05, 3.63) is 29.5 Å². The number of benzene rings is 1. The molecule has 0 atom stereocenters. The predicted octanol–water partition coefficient (Wildman–Crippen LogP) is 0.927. The molecule has 0 unspecified atom stereocenters. The first kappa shape index (κ1) is 12.9. The lowest BCUT2D eigenvalue weighted by Crippen LogP contribution is -2.14. The molecule has 98 valence electrons. The minimum Gasteiger partial charge on any atom is -0.364 e. The van der Waals surface area contributed by atoms with Gasteiger partial charge in [-0.1, -0.05) is 6.07 Å². The van der Waals surface area contributed by atoms with Crippen LogP contribution in [0.2, 0.25) is 0 Å². The molecule has 0 bridgehead atoms. The van der Waals surface area contributed by atoms with Crippen LogP contribution < -0.4 is 5.73 Å². The zero-order valence-electron chi connectivity index (χ0n) is 10.6. The highest BCUT2D eigenvalue weighted by molar-refractivity contribution is 6.06. The molecule has 6 nitrogen and oxygen atoms in total. The predicted molar refractivity (Wildman–Crippen MR) is 68.9 cm³/mol. The molecule has 1 aromatic carbocycles. The highest BCUT2D eigenvalue weighted by Gasteiger charge is 2.16. The molecular weight excluding hydrogens is 246 g/mol. The van der Waals surface area contributed by atoms with Crippen molar-refractivity contribution < 1.29 is 14.4 Å². The number of carbonyl (C=O) groups is 3. The molecule has 0 spiro atoms. The van der Waals surface area contributed by atoms with E-state index in [9.17, 15) is 14.4 Å². The number of rotatable bonds is 4. The van der Waals surface area contributed by atoms with Gasteiger partial charge in [0.05, 0.1) is 12.1 Å². The first-order valence-electron chi connectivity index (χ1n) is 5.71. The van der Waals surface area contributed by atoms with Crippen LogP contribution in [0.1, 0.15) is 34.7 Å².